The van der Waals surface area contributed by atoms with Crippen molar-refractivity contribution in [2.24, 2.45) is 0 Å². The van der Waals surface area contributed by atoms with Gasteiger partial charge < -0.3 is 9.64 Å². The van der Waals surface area contributed by atoms with Crippen LogP contribution in [0.25, 0.3) is 0 Å². The van der Waals surface area contributed by atoms with E-state index in [1.54, 1.807) is 23.1 Å². The lowest BCUT2D eigenvalue weighted by Gasteiger charge is -2.29. The number of benzene rings is 2. The number of hydrogen-bond acceptors (Lipinski definition) is 2. The van der Waals surface area contributed by atoms with E-state index in [-0.39, 0.29) is 12.5 Å². The molecule has 0 saturated heterocycles. The summed E-state index contributed by atoms with van der Waals surface area (Å²) < 4.78 is 6.40. The van der Waals surface area contributed by atoms with Crippen LogP contribution in [0.1, 0.15) is 5.56 Å². The Morgan fingerprint density at radius 3 is 2.85 bits per heavy atom. The SMILES string of the molecule is O=C1COc2ccc(Cl)cc2N1Cc1ccccc1Br. The number of ether oxygens (including phenoxy) is 1. The van der Waals surface area contributed by atoms with Crippen LogP contribution in [0, 0.1) is 0 Å². The minimum atomic E-state index is -0.0736. The van der Waals surface area contributed by atoms with Gasteiger partial charge in [-0.1, -0.05) is 45.7 Å². The second-order valence-electron chi connectivity index (χ2n) is 4.47. The van der Waals surface area contributed by atoms with Crippen LogP contribution in [-0.2, 0) is 11.3 Å². The maximum absolute atomic E-state index is 12.1. The van der Waals surface area contributed by atoms with Crippen LogP contribution in [-0.4, -0.2) is 12.5 Å². The molecule has 0 saturated carbocycles. The third-order valence-corrected chi connectivity index (χ3v) is 4.16. The van der Waals surface area contributed by atoms with Gasteiger partial charge in [-0.05, 0) is 29.8 Å². The zero-order valence-corrected chi connectivity index (χ0v) is 12.8. The van der Waals surface area contributed by atoms with Gasteiger partial charge in [0.2, 0.25) is 0 Å². The molecule has 0 spiro atoms. The van der Waals surface area contributed by atoms with Gasteiger partial charge in [-0.3, -0.25) is 4.79 Å². The molecule has 0 radical (unpaired) electrons. The summed E-state index contributed by atoms with van der Waals surface area (Å²) in [4.78, 5) is 13.8. The predicted octanol–water partition coefficient (Wildman–Crippen LogP) is 4.03. The molecule has 0 N–H and O–H groups in total. The molecule has 0 aromatic heterocycles. The fourth-order valence-electron chi connectivity index (χ4n) is 2.15. The molecule has 1 amide bonds. The molecule has 1 aliphatic rings. The van der Waals surface area contributed by atoms with Crippen LogP contribution in [0.5, 0.6) is 5.75 Å². The van der Waals surface area contributed by atoms with Crippen LogP contribution in [0.3, 0.4) is 0 Å². The number of fused-ring (bicyclic) bond motifs is 1. The highest BCUT2D eigenvalue weighted by Crippen LogP contribution is 2.35. The van der Waals surface area contributed by atoms with Crippen LogP contribution in [0.2, 0.25) is 5.02 Å². The molecular formula is C15H11BrClNO2. The number of rotatable bonds is 2. The molecule has 1 aliphatic heterocycles. The third kappa shape index (κ3) is 2.53. The molecule has 0 bridgehead atoms. The van der Waals surface area contributed by atoms with E-state index in [2.05, 4.69) is 15.9 Å². The molecule has 5 heteroatoms. The van der Waals surface area contributed by atoms with E-state index in [0.717, 1.165) is 10.0 Å². The van der Waals surface area contributed by atoms with Crippen LogP contribution >= 0.6 is 27.5 Å². The van der Waals surface area contributed by atoms with Crippen molar-refractivity contribution in [2.45, 2.75) is 6.54 Å². The maximum Gasteiger partial charge on any atom is 0.265 e. The Morgan fingerprint density at radius 1 is 1.25 bits per heavy atom. The van der Waals surface area contributed by atoms with Crippen LogP contribution < -0.4 is 9.64 Å². The fourth-order valence-corrected chi connectivity index (χ4v) is 2.72. The Kier molecular flexibility index (Phi) is 3.68. The fraction of sp³-hybridized carbons (Fsp3) is 0.133. The number of nitrogens with zero attached hydrogens (tertiary/aromatic N) is 1. The molecule has 3 rings (SSSR count). The average Bonchev–Trinajstić information content (AvgIpc) is 2.44. The summed E-state index contributed by atoms with van der Waals surface area (Å²) in [5, 5.41) is 0.583. The zero-order valence-electron chi connectivity index (χ0n) is 10.5. The highest BCUT2D eigenvalue weighted by Gasteiger charge is 2.26. The molecule has 0 unspecified atom stereocenters. The first-order valence-corrected chi connectivity index (χ1v) is 7.28. The Morgan fingerprint density at radius 2 is 2.05 bits per heavy atom. The maximum atomic E-state index is 12.1. The van der Waals surface area contributed by atoms with E-state index < -0.39 is 0 Å². The highest BCUT2D eigenvalue weighted by molar-refractivity contribution is 9.10. The molecule has 2 aromatic carbocycles. The van der Waals surface area contributed by atoms with Crippen molar-refractivity contribution in [3.05, 3.63) is 57.5 Å². The molecule has 0 atom stereocenters. The second kappa shape index (κ2) is 5.46. The summed E-state index contributed by atoms with van der Waals surface area (Å²) in [7, 11) is 0. The van der Waals surface area contributed by atoms with Gasteiger partial charge in [-0.25, -0.2) is 0 Å². The van der Waals surface area contributed by atoms with Gasteiger partial charge in [-0.2, -0.15) is 0 Å². The Balaban J connectivity index is 1.99. The first kappa shape index (κ1) is 13.5. The Bertz CT molecular complexity index is 675. The Labute approximate surface area is 130 Å². The summed E-state index contributed by atoms with van der Waals surface area (Å²) in [6, 6.07) is 13.1. The largest absolute Gasteiger partial charge is 0.482 e. The molecule has 1 heterocycles. The van der Waals surface area contributed by atoms with Crippen molar-refractivity contribution >= 4 is 39.1 Å². The minimum Gasteiger partial charge on any atom is -0.482 e. The normalized spacial score (nSPS) is 13.9. The van der Waals surface area contributed by atoms with Gasteiger partial charge >= 0.3 is 0 Å². The number of carbonyl (C=O) groups excluding carboxylic acids is 1. The van der Waals surface area contributed by atoms with Gasteiger partial charge in [-0.15, -0.1) is 0 Å². The van der Waals surface area contributed by atoms with E-state index in [9.17, 15) is 4.79 Å². The average molecular weight is 353 g/mol. The van der Waals surface area contributed by atoms with E-state index in [4.69, 9.17) is 16.3 Å². The number of halogens is 2. The highest BCUT2D eigenvalue weighted by atomic mass is 79.9. The number of hydrogen-bond donors (Lipinski definition) is 0. The lowest BCUT2D eigenvalue weighted by molar-refractivity contribution is -0.121. The van der Waals surface area contributed by atoms with Crippen molar-refractivity contribution in [2.75, 3.05) is 11.5 Å². The summed E-state index contributed by atoms with van der Waals surface area (Å²) in [6.45, 7) is 0.538. The molecular weight excluding hydrogens is 342 g/mol. The summed E-state index contributed by atoms with van der Waals surface area (Å²) in [5.74, 6) is 0.608. The summed E-state index contributed by atoms with van der Waals surface area (Å²) >= 11 is 9.52. The smallest absolute Gasteiger partial charge is 0.265 e. The number of anilines is 1. The van der Waals surface area contributed by atoms with E-state index in [1.165, 1.54) is 0 Å². The van der Waals surface area contributed by atoms with E-state index in [1.807, 2.05) is 24.3 Å². The summed E-state index contributed by atoms with van der Waals surface area (Å²) in [6.07, 6.45) is 0. The molecule has 0 aliphatic carbocycles. The van der Waals surface area contributed by atoms with Crippen LogP contribution in [0.15, 0.2) is 46.9 Å². The quantitative estimate of drug-likeness (QED) is 0.817. The zero-order chi connectivity index (χ0) is 14.1. The van der Waals surface area contributed by atoms with Gasteiger partial charge in [0, 0.05) is 9.50 Å². The number of carbonyl (C=O) groups is 1. The molecule has 2 aromatic rings. The van der Waals surface area contributed by atoms with Gasteiger partial charge in [0.25, 0.3) is 5.91 Å². The lowest BCUT2D eigenvalue weighted by Crippen LogP contribution is -2.38. The van der Waals surface area contributed by atoms with Crippen molar-refractivity contribution in [3.8, 4) is 5.75 Å². The molecule has 20 heavy (non-hydrogen) atoms. The summed E-state index contributed by atoms with van der Waals surface area (Å²) in [5.41, 5.74) is 1.75. The molecule has 102 valence electrons. The van der Waals surface area contributed by atoms with Crippen LogP contribution in [0.4, 0.5) is 5.69 Å². The van der Waals surface area contributed by atoms with E-state index in [0.29, 0.717) is 23.0 Å². The lowest BCUT2D eigenvalue weighted by atomic mass is 10.1. The number of amides is 1. The predicted molar refractivity (Wildman–Crippen MR) is 82.3 cm³/mol. The topological polar surface area (TPSA) is 29.5 Å². The minimum absolute atomic E-state index is 0.0546. The van der Waals surface area contributed by atoms with Crippen molar-refractivity contribution in [1.29, 1.82) is 0 Å². The molecule has 3 nitrogen and oxygen atoms in total. The second-order valence-corrected chi connectivity index (χ2v) is 5.76. The van der Waals surface area contributed by atoms with Gasteiger partial charge in [0.1, 0.15) is 5.75 Å². The van der Waals surface area contributed by atoms with E-state index >= 15 is 0 Å². The Hall–Kier alpha value is -1.52. The first-order valence-electron chi connectivity index (χ1n) is 6.11. The van der Waals surface area contributed by atoms with Gasteiger partial charge in [0.15, 0.2) is 6.61 Å². The molecule has 0 fully saturated rings. The van der Waals surface area contributed by atoms with Crippen molar-refractivity contribution in [3.63, 3.8) is 0 Å². The van der Waals surface area contributed by atoms with Crippen molar-refractivity contribution in [1.82, 2.24) is 0 Å². The van der Waals surface area contributed by atoms with Crippen molar-refractivity contribution < 1.29 is 9.53 Å². The van der Waals surface area contributed by atoms with Gasteiger partial charge in [0.05, 0.1) is 12.2 Å². The monoisotopic (exact) mass is 351 g/mol. The standard InChI is InChI=1S/C15H11BrClNO2/c16-12-4-2-1-3-10(12)8-18-13-7-11(17)5-6-14(13)20-9-15(18)19/h1-7H,8-9H2. The first-order chi connectivity index (χ1) is 9.65. The third-order valence-electron chi connectivity index (χ3n) is 3.15.